The standard InChI is InChI=1S/C10H11N3O3/c1-7-6-12(10(14)11-7)8-2-4-9(5-3-8)13(15)16/h2-5,7H,6H2,1H3,(H,11,14)/t7-/m1/s1. The highest BCUT2D eigenvalue weighted by Gasteiger charge is 2.26. The fourth-order valence-corrected chi connectivity index (χ4v) is 1.67. The fraction of sp³-hybridized carbons (Fsp3) is 0.300. The first-order valence-corrected chi connectivity index (χ1v) is 4.90. The number of carbonyl (C=O) groups excluding carboxylic acids is 1. The third-order valence-electron chi connectivity index (χ3n) is 2.44. The van der Waals surface area contributed by atoms with Gasteiger partial charge in [0.25, 0.3) is 5.69 Å². The molecule has 16 heavy (non-hydrogen) atoms. The molecule has 1 atom stereocenters. The summed E-state index contributed by atoms with van der Waals surface area (Å²) < 4.78 is 0. The molecule has 0 bridgehead atoms. The number of urea groups is 1. The Labute approximate surface area is 92.0 Å². The van der Waals surface area contributed by atoms with E-state index in [2.05, 4.69) is 5.32 Å². The predicted octanol–water partition coefficient (Wildman–Crippen LogP) is 1.51. The van der Waals surface area contributed by atoms with Crippen LogP contribution < -0.4 is 10.2 Å². The molecule has 6 nitrogen and oxygen atoms in total. The number of benzene rings is 1. The quantitative estimate of drug-likeness (QED) is 0.607. The second-order valence-electron chi connectivity index (χ2n) is 3.73. The zero-order valence-corrected chi connectivity index (χ0v) is 8.71. The number of carbonyl (C=O) groups is 1. The lowest BCUT2D eigenvalue weighted by molar-refractivity contribution is -0.384. The van der Waals surface area contributed by atoms with E-state index in [0.29, 0.717) is 12.2 Å². The van der Waals surface area contributed by atoms with Crippen LogP contribution in [-0.4, -0.2) is 23.5 Å². The van der Waals surface area contributed by atoms with E-state index in [9.17, 15) is 14.9 Å². The van der Waals surface area contributed by atoms with E-state index in [1.54, 1.807) is 17.0 Å². The predicted molar refractivity (Wildman–Crippen MR) is 58.4 cm³/mol. The minimum Gasteiger partial charge on any atom is -0.333 e. The summed E-state index contributed by atoms with van der Waals surface area (Å²) >= 11 is 0. The van der Waals surface area contributed by atoms with E-state index in [1.807, 2.05) is 6.92 Å². The van der Waals surface area contributed by atoms with E-state index in [-0.39, 0.29) is 17.8 Å². The molecule has 1 aromatic rings. The lowest BCUT2D eigenvalue weighted by Gasteiger charge is -2.13. The molecule has 2 amide bonds. The molecule has 2 rings (SSSR count). The number of rotatable bonds is 2. The van der Waals surface area contributed by atoms with Crippen LogP contribution in [0.1, 0.15) is 6.92 Å². The largest absolute Gasteiger partial charge is 0.333 e. The summed E-state index contributed by atoms with van der Waals surface area (Å²) in [5.41, 5.74) is 0.698. The molecule has 0 radical (unpaired) electrons. The number of nitro benzene ring substituents is 1. The highest BCUT2D eigenvalue weighted by molar-refractivity contribution is 5.94. The highest BCUT2D eigenvalue weighted by atomic mass is 16.6. The molecular formula is C10H11N3O3. The molecule has 84 valence electrons. The van der Waals surface area contributed by atoms with E-state index in [1.165, 1.54) is 12.1 Å². The average molecular weight is 221 g/mol. The Morgan fingerprint density at radius 1 is 1.44 bits per heavy atom. The molecular weight excluding hydrogens is 210 g/mol. The van der Waals surface area contributed by atoms with Crippen molar-refractivity contribution in [3.8, 4) is 0 Å². The van der Waals surface area contributed by atoms with Gasteiger partial charge in [0.05, 0.1) is 4.92 Å². The highest BCUT2D eigenvalue weighted by Crippen LogP contribution is 2.21. The zero-order chi connectivity index (χ0) is 11.7. The van der Waals surface area contributed by atoms with Gasteiger partial charge in [-0.05, 0) is 19.1 Å². The summed E-state index contributed by atoms with van der Waals surface area (Å²) in [6.07, 6.45) is 0. The van der Waals surface area contributed by atoms with E-state index >= 15 is 0 Å². The summed E-state index contributed by atoms with van der Waals surface area (Å²) in [5.74, 6) is 0. The number of non-ortho nitro benzene ring substituents is 1. The smallest absolute Gasteiger partial charge is 0.322 e. The van der Waals surface area contributed by atoms with Crippen LogP contribution in [0.5, 0.6) is 0 Å². The first kappa shape index (κ1) is 10.4. The second-order valence-corrected chi connectivity index (χ2v) is 3.73. The monoisotopic (exact) mass is 221 g/mol. The summed E-state index contributed by atoms with van der Waals surface area (Å²) in [4.78, 5) is 23.0. The van der Waals surface area contributed by atoms with Crippen LogP contribution in [0.4, 0.5) is 16.2 Å². The van der Waals surface area contributed by atoms with Crippen LogP contribution in [0.25, 0.3) is 0 Å². The topological polar surface area (TPSA) is 75.5 Å². The van der Waals surface area contributed by atoms with Crippen molar-refractivity contribution < 1.29 is 9.72 Å². The normalized spacial score (nSPS) is 19.7. The average Bonchev–Trinajstić information content (AvgIpc) is 2.58. The van der Waals surface area contributed by atoms with Crippen LogP contribution in [0.15, 0.2) is 24.3 Å². The fourth-order valence-electron chi connectivity index (χ4n) is 1.67. The molecule has 1 N–H and O–H groups in total. The van der Waals surface area contributed by atoms with Crippen molar-refractivity contribution in [2.24, 2.45) is 0 Å². The summed E-state index contributed by atoms with van der Waals surface area (Å²) in [7, 11) is 0. The molecule has 1 heterocycles. The summed E-state index contributed by atoms with van der Waals surface area (Å²) in [6, 6.07) is 5.88. The van der Waals surface area contributed by atoms with Gasteiger partial charge in [0.2, 0.25) is 0 Å². The van der Waals surface area contributed by atoms with Crippen molar-refractivity contribution in [1.29, 1.82) is 0 Å². The van der Waals surface area contributed by atoms with Crippen molar-refractivity contribution in [3.63, 3.8) is 0 Å². The molecule has 0 saturated carbocycles. The van der Waals surface area contributed by atoms with Gasteiger partial charge in [0.15, 0.2) is 0 Å². The third-order valence-corrected chi connectivity index (χ3v) is 2.44. The van der Waals surface area contributed by atoms with Crippen molar-refractivity contribution in [2.75, 3.05) is 11.4 Å². The van der Waals surface area contributed by atoms with E-state index in [0.717, 1.165) is 0 Å². The lowest BCUT2D eigenvalue weighted by Crippen LogP contribution is -2.27. The third kappa shape index (κ3) is 1.81. The van der Waals surface area contributed by atoms with Gasteiger partial charge >= 0.3 is 6.03 Å². The SMILES string of the molecule is C[C@@H]1CN(c2ccc([N+](=O)[O-])cc2)C(=O)N1. The Bertz CT molecular complexity index is 429. The number of nitrogens with one attached hydrogen (secondary N) is 1. The second kappa shape index (κ2) is 3.80. The van der Waals surface area contributed by atoms with E-state index in [4.69, 9.17) is 0 Å². The van der Waals surface area contributed by atoms with Gasteiger partial charge in [-0.2, -0.15) is 0 Å². The number of amides is 2. The van der Waals surface area contributed by atoms with Gasteiger partial charge in [-0.1, -0.05) is 0 Å². The Morgan fingerprint density at radius 2 is 2.06 bits per heavy atom. The van der Waals surface area contributed by atoms with Crippen molar-refractivity contribution in [2.45, 2.75) is 13.0 Å². The molecule has 0 unspecified atom stereocenters. The zero-order valence-electron chi connectivity index (χ0n) is 8.71. The van der Waals surface area contributed by atoms with Crippen LogP contribution >= 0.6 is 0 Å². The van der Waals surface area contributed by atoms with Gasteiger partial charge in [-0.25, -0.2) is 4.79 Å². The molecule has 1 saturated heterocycles. The lowest BCUT2D eigenvalue weighted by atomic mass is 10.2. The Hall–Kier alpha value is -2.11. The first-order chi connectivity index (χ1) is 7.58. The Kier molecular flexibility index (Phi) is 2.47. The van der Waals surface area contributed by atoms with Gasteiger partial charge in [0.1, 0.15) is 0 Å². The molecule has 1 aliphatic heterocycles. The van der Waals surface area contributed by atoms with Gasteiger partial charge in [0, 0.05) is 30.4 Å². The molecule has 1 fully saturated rings. The number of hydrogen-bond donors (Lipinski definition) is 1. The maximum absolute atomic E-state index is 11.5. The minimum absolute atomic E-state index is 0.0244. The molecule has 6 heteroatoms. The Balaban J connectivity index is 2.22. The molecule has 0 spiro atoms. The van der Waals surface area contributed by atoms with Crippen LogP contribution in [0.2, 0.25) is 0 Å². The molecule has 0 aromatic heterocycles. The number of anilines is 1. The number of nitrogens with zero attached hydrogens (tertiary/aromatic N) is 2. The van der Waals surface area contributed by atoms with Crippen LogP contribution in [0, 0.1) is 10.1 Å². The molecule has 0 aliphatic carbocycles. The summed E-state index contributed by atoms with van der Waals surface area (Å²) in [6.45, 7) is 2.49. The van der Waals surface area contributed by atoms with Gasteiger partial charge < -0.3 is 5.32 Å². The maximum atomic E-state index is 11.5. The first-order valence-electron chi connectivity index (χ1n) is 4.90. The summed E-state index contributed by atoms with van der Waals surface area (Å²) in [5, 5.41) is 13.2. The minimum atomic E-state index is -0.462. The van der Waals surface area contributed by atoms with E-state index < -0.39 is 4.92 Å². The molecule has 1 aromatic carbocycles. The van der Waals surface area contributed by atoms with Crippen LogP contribution in [0.3, 0.4) is 0 Å². The van der Waals surface area contributed by atoms with Crippen molar-refractivity contribution >= 4 is 17.4 Å². The van der Waals surface area contributed by atoms with Crippen LogP contribution in [-0.2, 0) is 0 Å². The van der Waals surface area contributed by atoms with Crippen molar-refractivity contribution in [3.05, 3.63) is 34.4 Å². The van der Waals surface area contributed by atoms with Crippen molar-refractivity contribution in [1.82, 2.24) is 5.32 Å². The maximum Gasteiger partial charge on any atom is 0.322 e. The molecule has 1 aliphatic rings. The van der Waals surface area contributed by atoms with Gasteiger partial charge in [-0.15, -0.1) is 0 Å². The van der Waals surface area contributed by atoms with Gasteiger partial charge in [-0.3, -0.25) is 15.0 Å². The Morgan fingerprint density at radius 3 is 2.50 bits per heavy atom. The number of nitro groups is 1. The number of hydrogen-bond acceptors (Lipinski definition) is 3.